The largest absolute Gasteiger partial charge is 0.460 e. The van der Waals surface area contributed by atoms with Crippen LogP contribution in [0.5, 0.6) is 5.75 Å². The van der Waals surface area contributed by atoms with E-state index in [9.17, 15) is 0 Å². The fraction of sp³-hybridized carbons (Fsp3) is 0.229. The van der Waals surface area contributed by atoms with Crippen molar-refractivity contribution in [1.82, 2.24) is 4.98 Å². The van der Waals surface area contributed by atoms with Gasteiger partial charge in [0.2, 0.25) is 0 Å². The zero-order chi connectivity index (χ0) is 24.6. The minimum absolute atomic E-state index is 0.772. The molecule has 2 aliphatic rings. The predicted octanol–water partition coefficient (Wildman–Crippen LogP) is 9.77. The summed E-state index contributed by atoms with van der Waals surface area (Å²) in [5.74, 6) is 2.78. The summed E-state index contributed by atoms with van der Waals surface area (Å²) in [4.78, 5) is 4.87. The number of para-hydroxylation sites is 1. The smallest absolute Gasteiger partial charge is 0.143 e. The third kappa shape index (κ3) is 4.01. The van der Waals surface area contributed by atoms with E-state index in [-0.39, 0.29) is 0 Å². The fourth-order valence-electron chi connectivity index (χ4n) is 6.44. The molecule has 2 heteroatoms. The van der Waals surface area contributed by atoms with E-state index < -0.39 is 0 Å². The van der Waals surface area contributed by atoms with Crippen molar-refractivity contribution in [3.8, 4) is 16.9 Å². The molecule has 0 N–H and O–H groups in total. The van der Waals surface area contributed by atoms with Crippen LogP contribution in [-0.2, 0) is 0 Å². The number of ether oxygens (including phenoxy) is 1. The number of benzene rings is 4. The molecule has 1 heterocycles. The topological polar surface area (TPSA) is 22.1 Å². The number of rotatable bonds is 4. The third-order valence-electron chi connectivity index (χ3n) is 8.28. The van der Waals surface area contributed by atoms with Crippen molar-refractivity contribution in [3.05, 3.63) is 109 Å². The van der Waals surface area contributed by atoms with Crippen LogP contribution in [0.15, 0.2) is 109 Å². The summed E-state index contributed by atoms with van der Waals surface area (Å²) >= 11 is 0. The molecule has 0 aliphatic heterocycles. The summed E-state index contributed by atoms with van der Waals surface area (Å²) < 4.78 is 6.91. The summed E-state index contributed by atoms with van der Waals surface area (Å²) in [6.07, 6.45) is 15.6. The van der Waals surface area contributed by atoms with Crippen LogP contribution < -0.4 is 4.74 Å². The van der Waals surface area contributed by atoms with E-state index in [1.165, 1.54) is 48.6 Å². The number of pyridine rings is 1. The molecule has 0 bridgehead atoms. The Hall–Kier alpha value is -3.91. The Morgan fingerprint density at radius 3 is 2.16 bits per heavy atom. The molecule has 2 nitrogen and oxygen atoms in total. The standard InChI is InChI=1S/C35H31NO/c1-3-11-24(12-4-1)25-19-21-27(22-20-25)37-35-29-16-8-7-15-28(29)33(26-13-5-2-6-14-26)31-23-36-32-18-10-9-17-30(32)34(31)35/h2,5-10,13-19,21,23-24H,1,3-4,11-12,20,22H2. The first-order valence-corrected chi connectivity index (χ1v) is 13.7. The Morgan fingerprint density at radius 2 is 1.38 bits per heavy atom. The van der Waals surface area contributed by atoms with Gasteiger partial charge in [-0.2, -0.15) is 0 Å². The maximum absolute atomic E-state index is 6.91. The zero-order valence-electron chi connectivity index (χ0n) is 21.1. The van der Waals surface area contributed by atoms with Gasteiger partial charge in [0.25, 0.3) is 0 Å². The van der Waals surface area contributed by atoms with Gasteiger partial charge in [-0.05, 0) is 53.8 Å². The molecule has 37 heavy (non-hydrogen) atoms. The minimum Gasteiger partial charge on any atom is -0.460 e. The Kier molecular flexibility index (Phi) is 5.74. The van der Waals surface area contributed by atoms with Crippen LogP contribution in [0.4, 0.5) is 0 Å². The van der Waals surface area contributed by atoms with Crippen molar-refractivity contribution in [1.29, 1.82) is 0 Å². The van der Waals surface area contributed by atoms with Crippen molar-refractivity contribution in [2.45, 2.75) is 44.9 Å². The highest BCUT2D eigenvalue weighted by atomic mass is 16.5. The number of fused-ring (bicyclic) bond motifs is 4. The van der Waals surface area contributed by atoms with E-state index in [1.54, 1.807) is 5.57 Å². The van der Waals surface area contributed by atoms with Gasteiger partial charge < -0.3 is 4.74 Å². The van der Waals surface area contributed by atoms with Crippen LogP contribution in [0.1, 0.15) is 44.9 Å². The fourth-order valence-corrected chi connectivity index (χ4v) is 6.44. The van der Waals surface area contributed by atoms with Gasteiger partial charge >= 0.3 is 0 Å². The molecule has 5 aromatic rings. The quantitative estimate of drug-likeness (QED) is 0.188. The van der Waals surface area contributed by atoms with Crippen LogP contribution in [-0.4, -0.2) is 4.98 Å². The van der Waals surface area contributed by atoms with Gasteiger partial charge in [0, 0.05) is 34.2 Å². The van der Waals surface area contributed by atoms with Gasteiger partial charge in [-0.3, -0.25) is 4.98 Å². The van der Waals surface area contributed by atoms with Crippen LogP contribution >= 0.6 is 0 Å². The molecule has 182 valence electrons. The van der Waals surface area contributed by atoms with Gasteiger partial charge in [-0.15, -0.1) is 0 Å². The molecule has 1 aromatic heterocycles. The average molecular weight is 482 g/mol. The molecule has 0 atom stereocenters. The highest BCUT2D eigenvalue weighted by molar-refractivity contribution is 6.23. The lowest BCUT2D eigenvalue weighted by molar-refractivity contribution is 0.375. The Morgan fingerprint density at radius 1 is 0.649 bits per heavy atom. The van der Waals surface area contributed by atoms with Crippen LogP contribution in [0.25, 0.3) is 43.6 Å². The van der Waals surface area contributed by atoms with Crippen LogP contribution in [0.2, 0.25) is 0 Å². The molecule has 0 radical (unpaired) electrons. The van der Waals surface area contributed by atoms with Gasteiger partial charge in [0.05, 0.1) is 5.52 Å². The first-order valence-electron chi connectivity index (χ1n) is 13.7. The Labute approximate surface area is 218 Å². The van der Waals surface area contributed by atoms with E-state index in [0.29, 0.717) is 0 Å². The molecule has 0 saturated heterocycles. The third-order valence-corrected chi connectivity index (χ3v) is 8.28. The summed E-state index contributed by atoms with van der Waals surface area (Å²) in [5.41, 5.74) is 5.03. The molecule has 0 unspecified atom stereocenters. The number of hydrogen-bond acceptors (Lipinski definition) is 2. The van der Waals surface area contributed by atoms with Crippen molar-refractivity contribution in [3.63, 3.8) is 0 Å². The first kappa shape index (κ1) is 22.3. The highest BCUT2D eigenvalue weighted by Gasteiger charge is 2.23. The number of hydrogen-bond donors (Lipinski definition) is 0. The van der Waals surface area contributed by atoms with Gasteiger partial charge in [-0.1, -0.05) is 104 Å². The van der Waals surface area contributed by atoms with Crippen LogP contribution in [0, 0.1) is 5.92 Å². The molecule has 4 aromatic carbocycles. The second kappa shape index (κ2) is 9.52. The average Bonchev–Trinajstić information content (AvgIpc) is 2.98. The van der Waals surface area contributed by atoms with E-state index in [4.69, 9.17) is 9.72 Å². The molecular weight excluding hydrogens is 450 g/mol. The number of nitrogens with zero attached hydrogens (tertiary/aromatic N) is 1. The molecular formula is C35H31NO. The summed E-state index contributed by atoms with van der Waals surface area (Å²) in [6, 6.07) is 27.8. The van der Waals surface area contributed by atoms with Crippen molar-refractivity contribution >= 4 is 32.4 Å². The lowest BCUT2D eigenvalue weighted by Gasteiger charge is -2.27. The van der Waals surface area contributed by atoms with Gasteiger partial charge in [0.15, 0.2) is 0 Å². The predicted molar refractivity (Wildman–Crippen MR) is 155 cm³/mol. The molecule has 1 fully saturated rings. The van der Waals surface area contributed by atoms with E-state index >= 15 is 0 Å². The Bertz CT molecular complexity index is 1670. The highest BCUT2D eigenvalue weighted by Crippen LogP contribution is 2.46. The molecule has 7 rings (SSSR count). The number of aromatic nitrogens is 1. The normalized spacial score (nSPS) is 16.6. The summed E-state index contributed by atoms with van der Waals surface area (Å²) in [6.45, 7) is 0. The summed E-state index contributed by atoms with van der Waals surface area (Å²) in [5, 5.41) is 5.75. The van der Waals surface area contributed by atoms with Crippen molar-refractivity contribution in [2.75, 3.05) is 0 Å². The van der Waals surface area contributed by atoms with Crippen LogP contribution in [0.3, 0.4) is 0 Å². The number of allylic oxidation sites excluding steroid dienone is 4. The second-order valence-corrected chi connectivity index (χ2v) is 10.5. The molecule has 0 spiro atoms. The SMILES string of the molecule is C1=C(Oc2c3ccccc3c(-c3ccccc3)c3cnc4ccccc4c23)CCC(C2CCCCC2)=C1. The van der Waals surface area contributed by atoms with Crippen molar-refractivity contribution in [2.24, 2.45) is 5.92 Å². The minimum atomic E-state index is 0.772. The lowest BCUT2D eigenvalue weighted by atomic mass is 9.80. The monoisotopic (exact) mass is 481 g/mol. The Balaban J connectivity index is 1.45. The van der Waals surface area contributed by atoms with Crippen molar-refractivity contribution < 1.29 is 4.74 Å². The molecule has 0 amide bonds. The maximum Gasteiger partial charge on any atom is 0.143 e. The lowest BCUT2D eigenvalue weighted by Crippen LogP contribution is -2.12. The summed E-state index contributed by atoms with van der Waals surface area (Å²) in [7, 11) is 0. The van der Waals surface area contributed by atoms with Gasteiger partial charge in [-0.25, -0.2) is 0 Å². The molecule has 2 aliphatic carbocycles. The first-order chi connectivity index (χ1) is 18.4. The zero-order valence-corrected chi connectivity index (χ0v) is 21.1. The van der Waals surface area contributed by atoms with E-state index in [0.717, 1.165) is 57.3 Å². The van der Waals surface area contributed by atoms with E-state index in [1.807, 2.05) is 6.20 Å². The maximum atomic E-state index is 6.91. The second-order valence-electron chi connectivity index (χ2n) is 10.5. The molecule has 1 saturated carbocycles. The van der Waals surface area contributed by atoms with E-state index in [2.05, 4.69) is 91.0 Å². The van der Waals surface area contributed by atoms with Gasteiger partial charge in [0.1, 0.15) is 11.5 Å².